The molecule has 6 nitrogen and oxygen atoms in total. The zero-order chi connectivity index (χ0) is 19.0. The van der Waals surface area contributed by atoms with E-state index in [4.69, 9.17) is 4.74 Å². The van der Waals surface area contributed by atoms with Crippen molar-refractivity contribution in [2.75, 3.05) is 31.2 Å². The lowest BCUT2D eigenvalue weighted by Crippen LogP contribution is -2.39. The summed E-state index contributed by atoms with van der Waals surface area (Å²) >= 11 is 0. The second kappa shape index (κ2) is 11.7. The number of nitrogens with one attached hydrogen (secondary N) is 2. The molecule has 0 aliphatic heterocycles. The molecule has 0 spiro atoms. The van der Waals surface area contributed by atoms with Gasteiger partial charge < -0.3 is 15.4 Å². The minimum atomic E-state index is -2.98. The fraction of sp³-hybridized carbons (Fsp3) is 0.632. The standard InChI is InChI=1S/C19H31N3O3S.HI/c1-4-20-19(21-10-11-26(23,24)5-2)22-13-17-9-6-15(3)12-18(17)25-14-16-7-8-16;/h6,9,12,16H,4-5,7-8,10-11,13-14H2,1-3H3,(H2,20,21,22);1H. The number of rotatable bonds is 10. The number of ether oxygens (including phenoxy) is 1. The van der Waals surface area contributed by atoms with E-state index in [2.05, 4.69) is 34.7 Å². The van der Waals surface area contributed by atoms with Gasteiger partial charge in [-0.05, 0) is 44.2 Å². The van der Waals surface area contributed by atoms with Gasteiger partial charge in [-0.2, -0.15) is 0 Å². The molecule has 0 aromatic heterocycles. The minimum Gasteiger partial charge on any atom is -0.493 e. The molecule has 1 aliphatic rings. The van der Waals surface area contributed by atoms with Crippen LogP contribution in [0.2, 0.25) is 0 Å². The molecule has 2 rings (SSSR count). The number of hydrogen-bond donors (Lipinski definition) is 2. The Morgan fingerprint density at radius 2 is 2.00 bits per heavy atom. The highest BCUT2D eigenvalue weighted by Crippen LogP contribution is 2.30. The number of nitrogens with zero attached hydrogens (tertiary/aromatic N) is 1. The van der Waals surface area contributed by atoms with Crippen LogP contribution in [0.15, 0.2) is 23.2 Å². The van der Waals surface area contributed by atoms with Crippen LogP contribution in [0.4, 0.5) is 0 Å². The number of guanidine groups is 1. The van der Waals surface area contributed by atoms with Crippen LogP contribution in [0.25, 0.3) is 0 Å². The molecule has 2 N–H and O–H groups in total. The Morgan fingerprint density at radius 3 is 2.63 bits per heavy atom. The molecule has 1 saturated carbocycles. The van der Waals surface area contributed by atoms with Gasteiger partial charge in [-0.3, -0.25) is 0 Å². The summed E-state index contributed by atoms with van der Waals surface area (Å²) in [4.78, 5) is 4.58. The van der Waals surface area contributed by atoms with E-state index in [1.165, 1.54) is 18.4 Å². The number of aliphatic imine (C=N–C) groups is 1. The molecule has 8 heteroatoms. The van der Waals surface area contributed by atoms with E-state index in [0.29, 0.717) is 31.5 Å². The summed E-state index contributed by atoms with van der Waals surface area (Å²) in [6, 6.07) is 6.16. The van der Waals surface area contributed by atoms with E-state index >= 15 is 0 Å². The van der Waals surface area contributed by atoms with Crippen LogP contribution in [0, 0.1) is 12.8 Å². The van der Waals surface area contributed by atoms with Crippen LogP contribution in [-0.2, 0) is 16.4 Å². The molecule has 1 aliphatic carbocycles. The SMILES string of the molecule is CCNC(=NCc1ccc(C)cc1OCC1CC1)NCCS(=O)(=O)CC.I. The monoisotopic (exact) mass is 509 g/mol. The number of hydrogen-bond acceptors (Lipinski definition) is 4. The first kappa shape index (κ1) is 24.0. The third-order valence-electron chi connectivity index (χ3n) is 4.29. The van der Waals surface area contributed by atoms with Crippen molar-refractivity contribution in [2.45, 2.75) is 40.2 Å². The lowest BCUT2D eigenvalue weighted by Gasteiger charge is -2.13. The summed E-state index contributed by atoms with van der Waals surface area (Å²) in [6.07, 6.45) is 2.52. The van der Waals surface area contributed by atoms with Crippen molar-refractivity contribution in [3.63, 3.8) is 0 Å². The highest BCUT2D eigenvalue weighted by molar-refractivity contribution is 14.0. The van der Waals surface area contributed by atoms with Crippen LogP contribution >= 0.6 is 24.0 Å². The van der Waals surface area contributed by atoms with E-state index in [1.54, 1.807) is 6.92 Å². The maximum Gasteiger partial charge on any atom is 0.191 e. The largest absolute Gasteiger partial charge is 0.493 e. The Kier molecular flexibility index (Phi) is 10.4. The predicted molar refractivity (Wildman–Crippen MR) is 122 cm³/mol. The van der Waals surface area contributed by atoms with Crippen molar-refractivity contribution in [1.82, 2.24) is 10.6 Å². The van der Waals surface area contributed by atoms with Crippen LogP contribution in [0.1, 0.15) is 37.8 Å². The molecule has 154 valence electrons. The molecule has 1 aromatic rings. The molecular weight excluding hydrogens is 477 g/mol. The zero-order valence-corrected chi connectivity index (χ0v) is 19.6. The summed E-state index contributed by atoms with van der Waals surface area (Å²) in [7, 11) is -2.98. The summed E-state index contributed by atoms with van der Waals surface area (Å²) in [6.45, 7) is 8.01. The maximum absolute atomic E-state index is 11.6. The van der Waals surface area contributed by atoms with Crippen LogP contribution in [0.3, 0.4) is 0 Å². The fourth-order valence-corrected chi connectivity index (χ4v) is 3.10. The normalized spacial score (nSPS) is 14.4. The molecule has 0 radical (unpaired) electrons. The Morgan fingerprint density at radius 1 is 1.26 bits per heavy atom. The van der Waals surface area contributed by atoms with Crippen molar-refractivity contribution in [1.29, 1.82) is 0 Å². The molecule has 0 heterocycles. The van der Waals surface area contributed by atoms with Gasteiger partial charge in [0.2, 0.25) is 0 Å². The van der Waals surface area contributed by atoms with Gasteiger partial charge in [0, 0.05) is 24.4 Å². The first-order valence-electron chi connectivity index (χ1n) is 9.38. The quantitative estimate of drug-likeness (QED) is 0.288. The third-order valence-corrected chi connectivity index (χ3v) is 6.00. The van der Waals surface area contributed by atoms with Gasteiger partial charge in [-0.25, -0.2) is 13.4 Å². The van der Waals surface area contributed by atoms with E-state index in [0.717, 1.165) is 17.9 Å². The second-order valence-corrected chi connectivity index (χ2v) is 9.20. The average molecular weight is 509 g/mol. The maximum atomic E-state index is 11.6. The molecule has 0 atom stereocenters. The molecule has 1 fully saturated rings. The van der Waals surface area contributed by atoms with Crippen LogP contribution in [0.5, 0.6) is 5.75 Å². The molecule has 0 amide bonds. The highest BCUT2D eigenvalue weighted by Gasteiger charge is 2.22. The first-order valence-corrected chi connectivity index (χ1v) is 11.2. The highest BCUT2D eigenvalue weighted by atomic mass is 127. The first-order chi connectivity index (χ1) is 12.4. The van der Waals surface area contributed by atoms with E-state index in [-0.39, 0.29) is 35.5 Å². The van der Waals surface area contributed by atoms with Gasteiger partial charge in [0.15, 0.2) is 15.8 Å². The van der Waals surface area contributed by atoms with Gasteiger partial charge in [-0.1, -0.05) is 19.1 Å². The number of aryl methyl sites for hydroxylation is 1. The van der Waals surface area contributed by atoms with Gasteiger partial charge in [0.1, 0.15) is 5.75 Å². The Bertz CT molecular complexity index is 719. The van der Waals surface area contributed by atoms with Crippen LogP contribution < -0.4 is 15.4 Å². The second-order valence-electron chi connectivity index (χ2n) is 6.72. The van der Waals surface area contributed by atoms with E-state index in [1.807, 2.05) is 13.0 Å². The van der Waals surface area contributed by atoms with Crippen molar-refractivity contribution in [3.8, 4) is 5.75 Å². The Balaban J connectivity index is 0.00000364. The molecule has 0 bridgehead atoms. The van der Waals surface area contributed by atoms with Crippen molar-refractivity contribution < 1.29 is 13.2 Å². The molecule has 0 saturated heterocycles. The van der Waals surface area contributed by atoms with Gasteiger partial charge in [-0.15, -0.1) is 24.0 Å². The minimum absolute atomic E-state index is 0. The average Bonchev–Trinajstić information content (AvgIpc) is 3.43. The summed E-state index contributed by atoms with van der Waals surface area (Å²) in [5, 5.41) is 6.24. The molecule has 0 unspecified atom stereocenters. The van der Waals surface area contributed by atoms with Crippen LogP contribution in [-0.4, -0.2) is 45.6 Å². The Labute approximate surface area is 180 Å². The lowest BCUT2D eigenvalue weighted by atomic mass is 10.1. The molecular formula is C19H32IN3O3S. The number of benzene rings is 1. The fourth-order valence-electron chi connectivity index (χ4n) is 2.39. The van der Waals surface area contributed by atoms with E-state index < -0.39 is 9.84 Å². The van der Waals surface area contributed by atoms with Gasteiger partial charge >= 0.3 is 0 Å². The topological polar surface area (TPSA) is 79.8 Å². The third kappa shape index (κ3) is 9.14. The van der Waals surface area contributed by atoms with E-state index in [9.17, 15) is 8.42 Å². The van der Waals surface area contributed by atoms with Crippen molar-refractivity contribution in [3.05, 3.63) is 29.3 Å². The Hall–Kier alpha value is -1.03. The van der Waals surface area contributed by atoms with Crippen molar-refractivity contribution in [2.24, 2.45) is 10.9 Å². The summed E-state index contributed by atoms with van der Waals surface area (Å²) in [5.74, 6) is 2.48. The molecule has 27 heavy (non-hydrogen) atoms. The predicted octanol–water partition coefficient (Wildman–Crippen LogP) is 2.89. The van der Waals surface area contributed by atoms with Gasteiger partial charge in [0.25, 0.3) is 0 Å². The summed E-state index contributed by atoms with van der Waals surface area (Å²) in [5.41, 5.74) is 2.20. The number of sulfone groups is 1. The number of halogens is 1. The lowest BCUT2D eigenvalue weighted by molar-refractivity contribution is 0.296. The smallest absolute Gasteiger partial charge is 0.191 e. The van der Waals surface area contributed by atoms with Crippen molar-refractivity contribution >= 4 is 39.8 Å². The zero-order valence-electron chi connectivity index (χ0n) is 16.5. The summed E-state index contributed by atoms with van der Waals surface area (Å²) < 4.78 is 29.2. The molecule has 1 aromatic carbocycles. The van der Waals surface area contributed by atoms with Gasteiger partial charge in [0.05, 0.1) is 18.9 Å².